The molecule has 1 atom stereocenters. The lowest BCUT2D eigenvalue weighted by Crippen LogP contribution is -2.47. The third-order valence-electron chi connectivity index (χ3n) is 4.57. The fourth-order valence-corrected chi connectivity index (χ4v) is 4.74. The third kappa shape index (κ3) is 3.07. The minimum atomic E-state index is -3.20. The molecule has 26 heavy (non-hydrogen) atoms. The molecule has 1 aliphatic rings. The number of hydrogen-bond acceptors (Lipinski definition) is 6. The summed E-state index contributed by atoms with van der Waals surface area (Å²) < 4.78 is 27.4. The Morgan fingerprint density at radius 1 is 1.31 bits per heavy atom. The molecule has 3 heterocycles. The molecule has 0 unspecified atom stereocenters. The van der Waals surface area contributed by atoms with E-state index in [-0.39, 0.29) is 30.5 Å². The van der Waals surface area contributed by atoms with E-state index in [0.717, 1.165) is 5.52 Å². The average molecular weight is 374 g/mol. The van der Waals surface area contributed by atoms with Crippen molar-refractivity contribution >= 4 is 26.8 Å². The van der Waals surface area contributed by atoms with Crippen molar-refractivity contribution in [2.24, 2.45) is 7.05 Å². The minimum Gasteiger partial charge on any atom is -0.332 e. The van der Waals surface area contributed by atoms with Gasteiger partial charge in [0, 0.05) is 25.4 Å². The SMILES string of the molecule is Cn1cc([C@@H]2CS(=O)(=O)CCN2C(=O)Cn2nnc3ccccc32)cn1. The second-order valence-electron chi connectivity index (χ2n) is 6.40. The summed E-state index contributed by atoms with van der Waals surface area (Å²) in [5, 5.41) is 12.2. The first-order valence-electron chi connectivity index (χ1n) is 8.20. The zero-order chi connectivity index (χ0) is 18.3. The molecule has 0 spiro atoms. The van der Waals surface area contributed by atoms with Crippen molar-refractivity contribution in [1.82, 2.24) is 29.7 Å². The van der Waals surface area contributed by atoms with Gasteiger partial charge in [-0.1, -0.05) is 17.3 Å². The van der Waals surface area contributed by atoms with Gasteiger partial charge in [-0.15, -0.1) is 5.10 Å². The van der Waals surface area contributed by atoms with Crippen LogP contribution in [-0.2, 0) is 28.2 Å². The molecule has 1 aromatic carbocycles. The van der Waals surface area contributed by atoms with Gasteiger partial charge >= 0.3 is 0 Å². The zero-order valence-corrected chi connectivity index (χ0v) is 15.0. The highest BCUT2D eigenvalue weighted by atomic mass is 32.2. The maximum Gasteiger partial charge on any atom is 0.244 e. The topological polar surface area (TPSA) is 103 Å². The van der Waals surface area contributed by atoms with Crippen molar-refractivity contribution in [2.75, 3.05) is 18.1 Å². The van der Waals surface area contributed by atoms with Gasteiger partial charge in [-0.05, 0) is 12.1 Å². The van der Waals surface area contributed by atoms with Crippen molar-refractivity contribution in [3.05, 3.63) is 42.2 Å². The van der Waals surface area contributed by atoms with E-state index in [9.17, 15) is 13.2 Å². The van der Waals surface area contributed by atoms with Crippen LogP contribution in [0.15, 0.2) is 36.7 Å². The monoisotopic (exact) mass is 374 g/mol. The lowest BCUT2D eigenvalue weighted by Gasteiger charge is -2.35. The number of aromatic nitrogens is 5. The Morgan fingerprint density at radius 2 is 2.12 bits per heavy atom. The van der Waals surface area contributed by atoms with Gasteiger partial charge in [-0.2, -0.15) is 5.10 Å². The van der Waals surface area contributed by atoms with Gasteiger partial charge in [0.1, 0.15) is 12.1 Å². The first-order chi connectivity index (χ1) is 12.4. The smallest absolute Gasteiger partial charge is 0.244 e. The Hall–Kier alpha value is -2.75. The van der Waals surface area contributed by atoms with Crippen LogP contribution >= 0.6 is 0 Å². The number of sulfone groups is 1. The molecular formula is C16H18N6O3S. The molecule has 136 valence electrons. The van der Waals surface area contributed by atoms with Crippen LogP contribution in [-0.4, -0.2) is 62.0 Å². The number of fused-ring (bicyclic) bond motifs is 1. The van der Waals surface area contributed by atoms with Gasteiger partial charge in [-0.3, -0.25) is 9.48 Å². The van der Waals surface area contributed by atoms with Crippen LogP contribution < -0.4 is 0 Å². The number of rotatable bonds is 3. The quantitative estimate of drug-likeness (QED) is 0.647. The van der Waals surface area contributed by atoms with Crippen LogP contribution in [0.1, 0.15) is 11.6 Å². The second kappa shape index (κ2) is 6.20. The van der Waals surface area contributed by atoms with Crippen LogP contribution in [0, 0.1) is 0 Å². The Bertz CT molecular complexity index is 1070. The maximum atomic E-state index is 12.9. The van der Waals surface area contributed by atoms with E-state index in [1.54, 1.807) is 33.7 Å². The Morgan fingerprint density at radius 3 is 2.88 bits per heavy atom. The first-order valence-corrected chi connectivity index (χ1v) is 10.0. The number of carbonyl (C=O) groups excluding carboxylic acids is 1. The van der Waals surface area contributed by atoms with Gasteiger partial charge in [0.15, 0.2) is 9.84 Å². The van der Waals surface area contributed by atoms with Gasteiger partial charge in [0.25, 0.3) is 0 Å². The Kier molecular flexibility index (Phi) is 3.98. The highest BCUT2D eigenvalue weighted by Gasteiger charge is 2.36. The van der Waals surface area contributed by atoms with Crippen LogP contribution in [0.2, 0.25) is 0 Å². The van der Waals surface area contributed by atoms with Crippen molar-refractivity contribution in [3.63, 3.8) is 0 Å². The highest BCUT2D eigenvalue weighted by molar-refractivity contribution is 7.91. The Balaban J connectivity index is 1.62. The van der Waals surface area contributed by atoms with Crippen LogP contribution in [0.4, 0.5) is 0 Å². The van der Waals surface area contributed by atoms with Crippen molar-refractivity contribution in [1.29, 1.82) is 0 Å². The summed E-state index contributed by atoms with van der Waals surface area (Å²) in [6, 6.07) is 6.86. The van der Waals surface area contributed by atoms with E-state index >= 15 is 0 Å². The largest absolute Gasteiger partial charge is 0.332 e. The van der Waals surface area contributed by atoms with Crippen LogP contribution in [0.3, 0.4) is 0 Å². The molecule has 3 aromatic rings. The molecule has 1 amide bonds. The predicted molar refractivity (Wildman–Crippen MR) is 93.8 cm³/mol. The number of aryl methyl sites for hydroxylation is 1. The molecule has 1 aliphatic heterocycles. The number of hydrogen-bond donors (Lipinski definition) is 0. The lowest BCUT2D eigenvalue weighted by molar-refractivity contribution is -0.134. The van der Waals surface area contributed by atoms with E-state index < -0.39 is 15.9 Å². The fourth-order valence-electron chi connectivity index (χ4n) is 3.25. The summed E-state index contributed by atoms with van der Waals surface area (Å²) in [5.41, 5.74) is 2.20. The summed E-state index contributed by atoms with van der Waals surface area (Å²) in [6.45, 7) is 0.171. The standard InChI is InChI=1S/C16H18N6O3S/c1-20-9-12(8-17-20)15-11-26(24,25)7-6-21(15)16(23)10-22-14-5-3-2-4-13(14)18-19-22/h2-5,8-9,15H,6-7,10-11H2,1H3/t15-/m0/s1. The molecule has 0 aliphatic carbocycles. The van der Waals surface area contributed by atoms with Crippen LogP contribution in [0.5, 0.6) is 0 Å². The van der Waals surface area contributed by atoms with E-state index in [4.69, 9.17) is 0 Å². The number of amides is 1. The molecule has 1 fully saturated rings. The van der Waals surface area contributed by atoms with E-state index in [1.807, 2.05) is 24.3 Å². The Labute approximate surface area is 150 Å². The summed E-state index contributed by atoms with van der Waals surface area (Å²) in [5.74, 6) is -0.319. The maximum absolute atomic E-state index is 12.9. The molecule has 4 rings (SSSR count). The molecule has 0 radical (unpaired) electrons. The van der Waals surface area contributed by atoms with Crippen molar-refractivity contribution in [3.8, 4) is 0 Å². The van der Waals surface area contributed by atoms with E-state index in [2.05, 4.69) is 15.4 Å². The summed E-state index contributed by atoms with van der Waals surface area (Å²) in [4.78, 5) is 14.5. The lowest BCUT2D eigenvalue weighted by atomic mass is 10.1. The molecule has 10 heteroatoms. The summed E-state index contributed by atoms with van der Waals surface area (Å²) >= 11 is 0. The average Bonchev–Trinajstić information content (AvgIpc) is 3.21. The van der Waals surface area contributed by atoms with Crippen molar-refractivity contribution < 1.29 is 13.2 Å². The summed E-state index contributed by atoms with van der Waals surface area (Å²) in [6.07, 6.45) is 3.35. The number of para-hydroxylation sites is 1. The predicted octanol–water partition coefficient (Wildman–Crippen LogP) is 0.163. The third-order valence-corrected chi connectivity index (χ3v) is 6.19. The molecule has 0 saturated carbocycles. The number of nitrogens with zero attached hydrogens (tertiary/aromatic N) is 6. The number of benzene rings is 1. The highest BCUT2D eigenvalue weighted by Crippen LogP contribution is 2.27. The van der Waals surface area contributed by atoms with Gasteiger partial charge in [-0.25, -0.2) is 13.1 Å². The van der Waals surface area contributed by atoms with Crippen molar-refractivity contribution in [2.45, 2.75) is 12.6 Å². The molecule has 2 aromatic heterocycles. The van der Waals surface area contributed by atoms with E-state index in [0.29, 0.717) is 11.1 Å². The molecule has 0 bridgehead atoms. The zero-order valence-electron chi connectivity index (χ0n) is 14.2. The fraction of sp³-hybridized carbons (Fsp3) is 0.375. The van der Waals surface area contributed by atoms with Gasteiger partial charge in [0.05, 0.1) is 29.3 Å². The minimum absolute atomic E-state index is 0.0112. The molecule has 1 saturated heterocycles. The molecule has 0 N–H and O–H groups in total. The number of carbonyl (C=O) groups is 1. The van der Waals surface area contributed by atoms with E-state index in [1.165, 1.54) is 0 Å². The van der Waals surface area contributed by atoms with Gasteiger partial charge in [0.2, 0.25) is 5.91 Å². The second-order valence-corrected chi connectivity index (χ2v) is 8.63. The summed E-state index contributed by atoms with van der Waals surface area (Å²) in [7, 11) is -1.44. The first kappa shape index (κ1) is 16.7. The molecule has 9 nitrogen and oxygen atoms in total. The molecular weight excluding hydrogens is 356 g/mol. The van der Waals surface area contributed by atoms with Crippen LogP contribution in [0.25, 0.3) is 11.0 Å². The van der Waals surface area contributed by atoms with Gasteiger partial charge < -0.3 is 4.90 Å². The normalized spacial score (nSPS) is 19.7.